The molecule has 0 spiro atoms. The zero-order valence-electron chi connectivity index (χ0n) is 13.3. The van der Waals surface area contributed by atoms with Gasteiger partial charge in [0.05, 0.1) is 7.11 Å². The first-order valence-electron chi connectivity index (χ1n) is 7.62. The second-order valence-electron chi connectivity index (χ2n) is 5.67. The Labute approximate surface area is 135 Å². The van der Waals surface area contributed by atoms with Crippen LogP contribution in [0.5, 0.6) is 5.75 Å². The van der Waals surface area contributed by atoms with Crippen LogP contribution in [0, 0.1) is 6.92 Å². The molecular weight excluding hydrogens is 288 g/mol. The Morgan fingerprint density at radius 3 is 2.57 bits per heavy atom. The van der Waals surface area contributed by atoms with Crippen molar-refractivity contribution >= 4 is 10.9 Å². The van der Waals surface area contributed by atoms with Gasteiger partial charge in [-0.15, -0.1) is 0 Å². The summed E-state index contributed by atoms with van der Waals surface area (Å²) in [5, 5.41) is 4.29. The van der Waals surface area contributed by atoms with Gasteiger partial charge >= 0.3 is 0 Å². The maximum absolute atomic E-state index is 12.1. The van der Waals surface area contributed by atoms with Gasteiger partial charge in [-0.25, -0.2) is 0 Å². The van der Waals surface area contributed by atoms with Crippen molar-refractivity contribution < 1.29 is 4.74 Å². The molecule has 0 unspecified atom stereocenters. The third kappa shape index (κ3) is 3.60. The van der Waals surface area contributed by atoms with E-state index in [0.717, 1.165) is 28.8 Å². The molecule has 0 fully saturated rings. The molecule has 0 aliphatic rings. The first kappa shape index (κ1) is 15.3. The third-order valence-corrected chi connectivity index (χ3v) is 3.89. The number of aromatic amines is 1. The van der Waals surface area contributed by atoms with E-state index in [9.17, 15) is 4.79 Å². The van der Waals surface area contributed by atoms with Crippen molar-refractivity contribution in [3.05, 3.63) is 75.6 Å². The van der Waals surface area contributed by atoms with Gasteiger partial charge in [-0.05, 0) is 36.8 Å². The Balaban J connectivity index is 1.75. The summed E-state index contributed by atoms with van der Waals surface area (Å²) < 4.78 is 5.23. The lowest BCUT2D eigenvalue weighted by atomic mass is 10.1. The molecule has 0 saturated carbocycles. The Morgan fingerprint density at radius 2 is 1.83 bits per heavy atom. The largest absolute Gasteiger partial charge is 0.497 e. The van der Waals surface area contributed by atoms with E-state index in [1.165, 1.54) is 11.1 Å². The minimum Gasteiger partial charge on any atom is -0.497 e. The van der Waals surface area contributed by atoms with Gasteiger partial charge in [-0.1, -0.05) is 29.8 Å². The van der Waals surface area contributed by atoms with Crippen molar-refractivity contribution in [3.63, 3.8) is 0 Å². The molecule has 3 rings (SSSR count). The summed E-state index contributed by atoms with van der Waals surface area (Å²) >= 11 is 0. The van der Waals surface area contributed by atoms with Crippen molar-refractivity contribution in [1.29, 1.82) is 0 Å². The summed E-state index contributed by atoms with van der Waals surface area (Å²) in [7, 11) is 1.64. The van der Waals surface area contributed by atoms with Crippen molar-refractivity contribution in [2.45, 2.75) is 20.0 Å². The molecule has 0 aliphatic carbocycles. The van der Waals surface area contributed by atoms with Crippen molar-refractivity contribution in [1.82, 2.24) is 10.3 Å². The molecule has 0 bridgehead atoms. The van der Waals surface area contributed by atoms with Gasteiger partial charge in [0.2, 0.25) is 0 Å². The highest BCUT2D eigenvalue weighted by atomic mass is 16.5. The highest BCUT2D eigenvalue weighted by molar-refractivity contribution is 5.80. The summed E-state index contributed by atoms with van der Waals surface area (Å²) in [5.74, 6) is 0.781. The van der Waals surface area contributed by atoms with Crippen LogP contribution in [0.3, 0.4) is 0 Å². The molecule has 2 aromatic carbocycles. The summed E-state index contributed by atoms with van der Waals surface area (Å²) in [4.78, 5) is 15.1. The number of rotatable bonds is 5. The third-order valence-electron chi connectivity index (χ3n) is 3.89. The summed E-state index contributed by atoms with van der Waals surface area (Å²) in [6.07, 6.45) is 0. The monoisotopic (exact) mass is 308 g/mol. The van der Waals surface area contributed by atoms with Gasteiger partial charge in [-0.2, -0.15) is 0 Å². The fourth-order valence-corrected chi connectivity index (χ4v) is 2.54. The molecule has 0 aliphatic heterocycles. The van der Waals surface area contributed by atoms with Gasteiger partial charge in [0.15, 0.2) is 0 Å². The lowest BCUT2D eigenvalue weighted by Crippen LogP contribution is -2.20. The summed E-state index contributed by atoms with van der Waals surface area (Å²) in [5.41, 5.74) is 3.93. The lowest BCUT2D eigenvalue weighted by Gasteiger charge is -2.07. The number of fused-ring (bicyclic) bond motifs is 1. The van der Waals surface area contributed by atoms with E-state index >= 15 is 0 Å². The normalized spacial score (nSPS) is 10.9. The lowest BCUT2D eigenvalue weighted by molar-refractivity contribution is 0.415. The molecular formula is C19H20N2O2. The summed E-state index contributed by atoms with van der Waals surface area (Å²) in [6.45, 7) is 3.33. The molecule has 0 radical (unpaired) electrons. The average Bonchev–Trinajstić information content (AvgIpc) is 2.56. The Bertz CT molecular complexity index is 867. The predicted molar refractivity (Wildman–Crippen MR) is 92.8 cm³/mol. The van der Waals surface area contributed by atoms with Crippen LogP contribution in [0.2, 0.25) is 0 Å². The quantitative estimate of drug-likeness (QED) is 0.761. The fourth-order valence-electron chi connectivity index (χ4n) is 2.54. The number of aryl methyl sites for hydroxylation is 1. The molecule has 3 aromatic rings. The van der Waals surface area contributed by atoms with Crippen LogP contribution < -0.4 is 15.6 Å². The van der Waals surface area contributed by atoms with E-state index < -0.39 is 0 Å². The van der Waals surface area contributed by atoms with Crippen LogP contribution in [0.4, 0.5) is 0 Å². The number of methoxy groups -OCH3 is 1. The number of nitrogens with one attached hydrogen (secondary N) is 2. The Morgan fingerprint density at radius 1 is 1.04 bits per heavy atom. The van der Waals surface area contributed by atoms with Crippen molar-refractivity contribution in [2.24, 2.45) is 0 Å². The van der Waals surface area contributed by atoms with Crippen LogP contribution in [-0.4, -0.2) is 12.1 Å². The van der Waals surface area contributed by atoms with Crippen molar-refractivity contribution in [3.8, 4) is 5.75 Å². The maximum atomic E-state index is 12.1. The van der Waals surface area contributed by atoms with Gasteiger partial charge in [-0.3, -0.25) is 4.79 Å². The Hall–Kier alpha value is -2.59. The number of benzene rings is 2. The van der Waals surface area contributed by atoms with Gasteiger partial charge in [0.1, 0.15) is 5.75 Å². The maximum Gasteiger partial charge on any atom is 0.252 e. The van der Waals surface area contributed by atoms with E-state index in [1.54, 1.807) is 7.11 Å². The standard InChI is InChI=1S/C19H20N2O2/c1-13-3-5-14(6-4-13)11-20-12-16-9-15-10-17(23-2)7-8-18(15)21-19(16)22/h3-10,20H,11-12H2,1-2H3,(H,21,22). The van der Waals surface area contributed by atoms with Crippen LogP contribution in [-0.2, 0) is 13.1 Å². The van der Waals surface area contributed by atoms with Gasteiger partial charge in [0.25, 0.3) is 5.56 Å². The molecule has 4 nitrogen and oxygen atoms in total. The van der Waals surface area contributed by atoms with Gasteiger partial charge in [0, 0.05) is 29.6 Å². The molecule has 4 heteroatoms. The van der Waals surface area contributed by atoms with Crippen LogP contribution >= 0.6 is 0 Å². The predicted octanol–water partition coefficient (Wildman–Crippen LogP) is 3.13. The number of pyridine rings is 1. The van der Waals surface area contributed by atoms with E-state index in [-0.39, 0.29) is 5.56 Å². The topological polar surface area (TPSA) is 54.1 Å². The number of hydrogen-bond donors (Lipinski definition) is 2. The molecule has 0 saturated heterocycles. The molecule has 2 N–H and O–H groups in total. The van der Waals surface area contributed by atoms with Gasteiger partial charge < -0.3 is 15.0 Å². The molecule has 118 valence electrons. The number of H-pyrrole nitrogens is 1. The minimum absolute atomic E-state index is 0.0564. The first-order chi connectivity index (χ1) is 11.2. The number of ether oxygens (including phenoxy) is 1. The van der Waals surface area contributed by atoms with E-state index in [2.05, 4.69) is 41.5 Å². The molecule has 0 atom stereocenters. The second kappa shape index (κ2) is 6.67. The highest BCUT2D eigenvalue weighted by Crippen LogP contribution is 2.18. The average molecular weight is 308 g/mol. The van der Waals surface area contributed by atoms with Crippen LogP contribution in [0.25, 0.3) is 10.9 Å². The second-order valence-corrected chi connectivity index (χ2v) is 5.67. The highest BCUT2D eigenvalue weighted by Gasteiger charge is 2.04. The first-order valence-corrected chi connectivity index (χ1v) is 7.62. The SMILES string of the molecule is COc1ccc2[nH]c(=O)c(CNCc3ccc(C)cc3)cc2c1. The zero-order valence-corrected chi connectivity index (χ0v) is 13.3. The molecule has 1 aromatic heterocycles. The zero-order chi connectivity index (χ0) is 16.2. The minimum atomic E-state index is -0.0564. The molecule has 23 heavy (non-hydrogen) atoms. The van der Waals surface area contributed by atoms with E-state index in [4.69, 9.17) is 4.74 Å². The summed E-state index contributed by atoms with van der Waals surface area (Å²) in [6, 6.07) is 15.9. The van der Waals surface area contributed by atoms with E-state index in [0.29, 0.717) is 6.54 Å². The van der Waals surface area contributed by atoms with Crippen molar-refractivity contribution in [2.75, 3.05) is 7.11 Å². The smallest absolute Gasteiger partial charge is 0.252 e. The molecule has 1 heterocycles. The van der Waals surface area contributed by atoms with Crippen LogP contribution in [0.15, 0.2) is 53.3 Å². The number of hydrogen-bond acceptors (Lipinski definition) is 3. The van der Waals surface area contributed by atoms with Crippen LogP contribution in [0.1, 0.15) is 16.7 Å². The number of aromatic nitrogens is 1. The fraction of sp³-hybridized carbons (Fsp3) is 0.211. The Kier molecular flexibility index (Phi) is 4.44. The van der Waals surface area contributed by atoms with E-state index in [1.807, 2.05) is 24.3 Å². The molecule has 0 amide bonds.